The standard InChI is InChI=1S/C16H25FN2O2/c1-11(2)18-7-13-6-14(17)4-5-16(13)19-8-12(3)21-15(9-19)10-20/h4-6,11-12,15,18,20H,7-10H2,1-3H3. The first-order chi connectivity index (χ1) is 9.99. The second kappa shape index (κ2) is 7.20. The fourth-order valence-electron chi connectivity index (χ4n) is 2.66. The molecule has 0 aliphatic carbocycles. The molecule has 1 aromatic rings. The van der Waals surface area contributed by atoms with Gasteiger partial charge in [-0.2, -0.15) is 0 Å². The monoisotopic (exact) mass is 296 g/mol. The maximum Gasteiger partial charge on any atom is 0.123 e. The number of hydrogen-bond donors (Lipinski definition) is 2. The zero-order valence-electron chi connectivity index (χ0n) is 13.0. The topological polar surface area (TPSA) is 44.7 Å². The normalized spacial score (nSPS) is 22.9. The lowest BCUT2D eigenvalue weighted by Gasteiger charge is -2.38. The number of hydrogen-bond acceptors (Lipinski definition) is 4. The number of morpholine rings is 1. The van der Waals surface area contributed by atoms with Crippen molar-refractivity contribution in [2.24, 2.45) is 0 Å². The van der Waals surface area contributed by atoms with Gasteiger partial charge in [0.05, 0.1) is 18.8 Å². The highest BCUT2D eigenvalue weighted by Crippen LogP contribution is 2.25. The predicted octanol–water partition coefficient (Wildman–Crippen LogP) is 1.91. The van der Waals surface area contributed by atoms with Crippen molar-refractivity contribution in [2.45, 2.75) is 45.6 Å². The van der Waals surface area contributed by atoms with Crippen LogP contribution < -0.4 is 10.2 Å². The van der Waals surface area contributed by atoms with Gasteiger partial charge in [0.1, 0.15) is 5.82 Å². The molecule has 1 aliphatic rings. The Morgan fingerprint density at radius 1 is 1.43 bits per heavy atom. The Balaban J connectivity index is 2.20. The molecule has 4 nitrogen and oxygen atoms in total. The molecule has 1 fully saturated rings. The van der Waals surface area contributed by atoms with Crippen molar-refractivity contribution in [1.82, 2.24) is 5.32 Å². The van der Waals surface area contributed by atoms with Crippen LogP contribution in [0.5, 0.6) is 0 Å². The summed E-state index contributed by atoms with van der Waals surface area (Å²) < 4.78 is 19.2. The number of aliphatic hydroxyl groups excluding tert-OH is 1. The summed E-state index contributed by atoms with van der Waals surface area (Å²) in [6, 6.07) is 5.23. The van der Waals surface area contributed by atoms with Crippen LogP contribution in [0.3, 0.4) is 0 Å². The number of ether oxygens (including phenoxy) is 1. The zero-order valence-corrected chi connectivity index (χ0v) is 13.0. The summed E-state index contributed by atoms with van der Waals surface area (Å²) in [4.78, 5) is 2.17. The number of benzene rings is 1. The molecule has 0 bridgehead atoms. The highest BCUT2D eigenvalue weighted by Gasteiger charge is 2.26. The summed E-state index contributed by atoms with van der Waals surface area (Å²) >= 11 is 0. The van der Waals surface area contributed by atoms with Crippen molar-refractivity contribution < 1.29 is 14.2 Å². The van der Waals surface area contributed by atoms with E-state index in [1.165, 1.54) is 6.07 Å². The van der Waals surface area contributed by atoms with Crippen molar-refractivity contribution in [3.8, 4) is 0 Å². The highest BCUT2D eigenvalue weighted by molar-refractivity contribution is 5.54. The maximum atomic E-state index is 13.5. The van der Waals surface area contributed by atoms with E-state index in [9.17, 15) is 9.50 Å². The van der Waals surface area contributed by atoms with Gasteiger partial charge >= 0.3 is 0 Å². The Kier molecular flexibility index (Phi) is 5.56. The quantitative estimate of drug-likeness (QED) is 0.871. The molecular formula is C16H25FN2O2. The first-order valence-electron chi connectivity index (χ1n) is 7.52. The Hall–Kier alpha value is -1.17. The van der Waals surface area contributed by atoms with Gasteiger partial charge in [-0.3, -0.25) is 0 Å². The van der Waals surface area contributed by atoms with Crippen molar-refractivity contribution >= 4 is 5.69 Å². The molecule has 0 saturated carbocycles. The number of nitrogens with zero attached hydrogens (tertiary/aromatic N) is 1. The van der Waals surface area contributed by atoms with E-state index in [0.29, 0.717) is 19.1 Å². The maximum absolute atomic E-state index is 13.5. The molecular weight excluding hydrogens is 271 g/mol. The minimum absolute atomic E-state index is 0.00160. The molecule has 1 heterocycles. The molecule has 1 saturated heterocycles. The van der Waals surface area contributed by atoms with Gasteiger partial charge in [-0.25, -0.2) is 4.39 Å². The number of anilines is 1. The molecule has 2 N–H and O–H groups in total. The van der Waals surface area contributed by atoms with Crippen LogP contribution in [0.25, 0.3) is 0 Å². The number of nitrogens with one attached hydrogen (secondary N) is 1. The second-order valence-electron chi connectivity index (χ2n) is 5.96. The number of aliphatic hydroxyl groups is 1. The number of rotatable bonds is 5. The molecule has 21 heavy (non-hydrogen) atoms. The van der Waals surface area contributed by atoms with Crippen LogP contribution in [0.2, 0.25) is 0 Å². The van der Waals surface area contributed by atoms with E-state index >= 15 is 0 Å². The van der Waals surface area contributed by atoms with Crippen LogP contribution in [-0.2, 0) is 11.3 Å². The molecule has 0 radical (unpaired) electrons. The van der Waals surface area contributed by atoms with Crippen molar-refractivity contribution in [1.29, 1.82) is 0 Å². The van der Waals surface area contributed by atoms with Crippen LogP contribution in [0.4, 0.5) is 10.1 Å². The third-order valence-electron chi connectivity index (χ3n) is 3.61. The summed E-state index contributed by atoms with van der Waals surface area (Å²) in [6.45, 7) is 8.12. The first-order valence-corrected chi connectivity index (χ1v) is 7.52. The molecule has 0 amide bonds. The fraction of sp³-hybridized carbons (Fsp3) is 0.625. The Morgan fingerprint density at radius 3 is 2.86 bits per heavy atom. The zero-order chi connectivity index (χ0) is 15.4. The molecule has 1 aromatic carbocycles. The van der Waals surface area contributed by atoms with Crippen LogP contribution >= 0.6 is 0 Å². The predicted molar refractivity (Wildman–Crippen MR) is 82.0 cm³/mol. The first kappa shape index (κ1) is 16.2. The molecule has 2 rings (SSSR count). The number of halogens is 1. The lowest BCUT2D eigenvalue weighted by atomic mass is 10.1. The Bertz CT molecular complexity index is 468. The highest BCUT2D eigenvalue weighted by atomic mass is 19.1. The minimum Gasteiger partial charge on any atom is -0.394 e. The Labute approximate surface area is 125 Å². The van der Waals surface area contributed by atoms with Gasteiger partial charge in [0.25, 0.3) is 0 Å². The summed E-state index contributed by atoms with van der Waals surface area (Å²) in [7, 11) is 0. The van der Waals surface area contributed by atoms with Gasteiger partial charge in [0.15, 0.2) is 0 Å². The van der Waals surface area contributed by atoms with E-state index in [1.54, 1.807) is 6.07 Å². The molecule has 5 heteroatoms. The van der Waals surface area contributed by atoms with Gasteiger partial charge in [-0.05, 0) is 30.7 Å². The minimum atomic E-state index is -0.223. The van der Waals surface area contributed by atoms with E-state index in [0.717, 1.165) is 17.8 Å². The second-order valence-corrected chi connectivity index (χ2v) is 5.96. The van der Waals surface area contributed by atoms with E-state index in [4.69, 9.17) is 4.74 Å². The molecule has 0 aromatic heterocycles. The summed E-state index contributed by atoms with van der Waals surface area (Å²) in [5, 5.41) is 12.7. The summed E-state index contributed by atoms with van der Waals surface area (Å²) in [5.74, 6) is -0.223. The molecule has 1 aliphatic heterocycles. The van der Waals surface area contributed by atoms with Crippen LogP contribution in [-0.4, -0.2) is 43.1 Å². The molecule has 118 valence electrons. The third kappa shape index (κ3) is 4.40. The smallest absolute Gasteiger partial charge is 0.123 e. The molecule has 2 unspecified atom stereocenters. The van der Waals surface area contributed by atoms with E-state index in [2.05, 4.69) is 24.1 Å². The van der Waals surface area contributed by atoms with E-state index < -0.39 is 0 Å². The van der Waals surface area contributed by atoms with Gasteiger partial charge in [-0.1, -0.05) is 13.8 Å². The van der Waals surface area contributed by atoms with E-state index in [1.807, 2.05) is 13.0 Å². The van der Waals surface area contributed by atoms with Crippen LogP contribution in [0, 0.1) is 5.82 Å². The summed E-state index contributed by atoms with van der Waals surface area (Å²) in [5.41, 5.74) is 1.95. The van der Waals surface area contributed by atoms with Crippen molar-refractivity contribution in [3.05, 3.63) is 29.6 Å². The van der Waals surface area contributed by atoms with Gasteiger partial charge in [0, 0.05) is 31.4 Å². The van der Waals surface area contributed by atoms with Gasteiger partial charge in [0.2, 0.25) is 0 Å². The molecule has 2 atom stereocenters. The fourth-order valence-corrected chi connectivity index (χ4v) is 2.66. The average molecular weight is 296 g/mol. The van der Waals surface area contributed by atoms with Crippen LogP contribution in [0.15, 0.2) is 18.2 Å². The summed E-state index contributed by atoms with van der Waals surface area (Å²) in [6.07, 6.45) is -0.142. The average Bonchev–Trinajstić information content (AvgIpc) is 2.44. The Morgan fingerprint density at radius 2 is 2.19 bits per heavy atom. The van der Waals surface area contributed by atoms with Gasteiger partial charge < -0.3 is 20.1 Å². The van der Waals surface area contributed by atoms with Gasteiger partial charge in [-0.15, -0.1) is 0 Å². The SMILES string of the molecule is CC(C)NCc1cc(F)ccc1N1CC(C)OC(CO)C1. The lowest BCUT2D eigenvalue weighted by Crippen LogP contribution is -2.48. The lowest BCUT2D eigenvalue weighted by molar-refractivity contribution is -0.0421. The molecule has 0 spiro atoms. The van der Waals surface area contributed by atoms with Crippen molar-refractivity contribution in [2.75, 3.05) is 24.6 Å². The largest absolute Gasteiger partial charge is 0.394 e. The van der Waals surface area contributed by atoms with Crippen LogP contribution in [0.1, 0.15) is 26.3 Å². The third-order valence-corrected chi connectivity index (χ3v) is 3.61. The van der Waals surface area contributed by atoms with E-state index in [-0.39, 0.29) is 24.6 Å². The van der Waals surface area contributed by atoms with Crippen molar-refractivity contribution in [3.63, 3.8) is 0 Å².